The molecular weight excluding hydrogens is 420 g/mol. The number of anilines is 2. The Hall–Kier alpha value is -3.65. The summed E-state index contributed by atoms with van der Waals surface area (Å²) in [6.45, 7) is 0.770. The number of aromatic nitrogens is 2. The van der Waals surface area contributed by atoms with Crippen molar-refractivity contribution in [3.8, 4) is 0 Å². The molecule has 172 valence electrons. The summed E-state index contributed by atoms with van der Waals surface area (Å²) in [7, 11) is 1.52. The number of fused-ring (bicyclic) bond motifs is 1. The zero-order chi connectivity index (χ0) is 23.2. The van der Waals surface area contributed by atoms with Gasteiger partial charge < -0.3 is 15.4 Å². The Balaban J connectivity index is 1.68. The van der Waals surface area contributed by atoms with E-state index in [2.05, 4.69) is 15.6 Å². The molecule has 0 spiro atoms. The average Bonchev–Trinajstić information content (AvgIpc) is 2.83. The molecule has 0 saturated carbocycles. The molecule has 0 aliphatic heterocycles. The second-order valence-electron chi connectivity index (χ2n) is 8.11. The van der Waals surface area contributed by atoms with Crippen LogP contribution < -0.4 is 21.9 Å². The number of hydrogen-bond donors (Lipinski definition) is 3. The van der Waals surface area contributed by atoms with E-state index >= 15 is 0 Å². The molecule has 0 unspecified atom stereocenters. The first kappa shape index (κ1) is 22.5. The molecule has 1 aliphatic carbocycles. The van der Waals surface area contributed by atoms with Gasteiger partial charge >= 0.3 is 5.69 Å². The van der Waals surface area contributed by atoms with Gasteiger partial charge in [0.1, 0.15) is 11.5 Å². The predicted octanol–water partition coefficient (Wildman–Crippen LogP) is 2.93. The number of aromatic amines is 1. The van der Waals surface area contributed by atoms with Crippen molar-refractivity contribution in [3.05, 3.63) is 91.6 Å². The van der Waals surface area contributed by atoms with Crippen LogP contribution in [0.3, 0.4) is 0 Å². The summed E-state index contributed by atoms with van der Waals surface area (Å²) in [5, 5.41) is 5.90. The summed E-state index contributed by atoms with van der Waals surface area (Å²) < 4.78 is 6.44. The third-order valence-electron chi connectivity index (χ3n) is 5.87. The standard InChI is InChI=1S/C25H28N4O4/c1-33-14-13-29-22(27-23(30)20-12-11-18-9-5-6-10-19(18)15-20)21(24(31)28-25(29)32)26-16-17-7-3-2-4-8-17/h2-4,7-8,11-12,15,26H,5-6,9-10,13-14,16H2,1H3,(H,27,30)(H,28,31,32). The number of carbonyl (C=O) groups excluding carboxylic acids is 1. The lowest BCUT2D eigenvalue weighted by atomic mass is 9.90. The highest BCUT2D eigenvalue weighted by Gasteiger charge is 2.19. The Kier molecular flexibility index (Phi) is 7.04. The lowest BCUT2D eigenvalue weighted by Crippen LogP contribution is -2.36. The third-order valence-corrected chi connectivity index (χ3v) is 5.87. The summed E-state index contributed by atoms with van der Waals surface area (Å²) in [6, 6.07) is 15.3. The maximum atomic E-state index is 13.2. The molecule has 2 aromatic carbocycles. The molecule has 1 heterocycles. The van der Waals surface area contributed by atoms with Crippen molar-refractivity contribution in [1.29, 1.82) is 0 Å². The molecule has 1 aromatic heterocycles. The molecule has 4 rings (SSSR count). The number of amides is 1. The summed E-state index contributed by atoms with van der Waals surface area (Å²) in [5.41, 5.74) is 2.83. The Labute approximate surface area is 191 Å². The van der Waals surface area contributed by atoms with Crippen LogP contribution in [0.15, 0.2) is 58.1 Å². The van der Waals surface area contributed by atoms with E-state index in [4.69, 9.17) is 4.74 Å². The molecule has 1 amide bonds. The first-order valence-corrected chi connectivity index (χ1v) is 11.1. The number of nitrogens with one attached hydrogen (secondary N) is 3. The molecule has 1 aliphatic rings. The van der Waals surface area contributed by atoms with Crippen LogP contribution in [-0.2, 0) is 30.7 Å². The minimum Gasteiger partial charge on any atom is -0.383 e. The number of benzene rings is 2. The number of aryl methyl sites for hydroxylation is 2. The number of ether oxygens (including phenoxy) is 1. The largest absolute Gasteiger partial charge is 0.383 e. The smallest absolute Gasteiger partial charge is 0.330 e. The van der Waals surface area contributed by atoms with E-state index in [1.807, 2.05) is 42.5 Å². The Morgan fingerprint density at radius 3 is 2.58 bits per heavy atom. The fraction of sp³-hybridized carbons (Fsp3) is 0.320. The molecular formula is C25H28N4O4. The number of hydrogen-bond acceptors (Lipinski definition) is 5. The molecule has 8 heteroatoms. The van der Waals surface area contributed by atoms with E-state index in [-0.39, 0.29) is 30.6 Å². The van der Waals surface area contributed by atoms with Crippen LogP contribution >= 0.6 is 0 Å². The molecule has 8 nitrogen and oxygen atoms in total. The fourth-order valence-corrected chi connectivity index (χ4v) is 4.10. The zero-order valence-corrected chi connectivity index (χ0v) is 18.6. The van der Waals surface area contributed by atoms with Crippen molar-refractivity contribution >= 4 is 17.4 Å². The Bertz CT molecular complexity index is 1250. The van der Waals surface area contributed by atoms with E-state index in [9.17, 15) is 14.4 Å². The maximum absolute atomic E-state index is 13.2. The van der Waals surface area contributed by atoms with Crippen molar-refractivity contribution in [2.45, 2.75) is 38.8 Å². The molecule has 0 atom stereocenters. The van der Waals surface area contributed by atoms with Gasteiger partial charge in [-0.2, -0.15) is 0 Å². The first-order valence-electron chi connectivity index (χ1n) is 11.1. The average molecular weight is 449 g/mol. The second-order valence-corrected chi connectivity index (χ2v) is 8.11. The SMILES string of the molecule is COCCn1c(NC(=O)c2ccc3c(c2)CCCC3)c(NCc2ccccc2)c(=O)[nH]c1=O. The van der Waals surface area contributed by atoms with Crippen molar-refractivity contribution in [2.24, 2.45) is 0 Å². The van der Waals surface area contributed by atoms with E-state index in [1.54, 1.807) is 6.07 Å². The molecule has 33 heavy (non-hydrogen) atoms. The van der Waals surface area contributed by atoms with Crippen LogP contribution in [0.2, 0.25) is 0 Å². The maximum Gasteiger partial charge on any atom is 0.330 e. The first-order chi connectivity index (χ1) is 16.1. The fourth-order valence-electron chi connectivity index (χ4n) is 4.10. The molecule has 0 bridgehead atoms. The van der Waals surface area contributed by atoms with Crippen molar-refractivity contribution in [1.82, 2.24) is 9.55 Å². The highest BCUT2D eigenvalue weighted by molar-refractivity contribution is 6.05. The van der Waals surface area contributed by atoms with Gasteiger partial charge in [-0.15, -0.1) is 0 Å². The topological polar surface area (TPSA) is 105 Å². The number of carbonyl (C=O) groups is 1. The van der Waals surface area contributed by atoms with Crippen molar-refractivity contribution in [2.75, 3.05) is 24.4 Å². The minimum absolute atomic E-state index is 0.124. The number of rotatable bonds is 8. The van der Waals surface area contributed by atoms with Gasteiger partial charge in [0.2, 0.25) is 0 Å². The summed E-state index contributed by atoms with van der Waals surface area (Å²) in [6.07, 6.45) is 4.24. The van der Waals surface area contributed by atoms with Crippen LogP contribution in [0, 0.1) is 0 Å². The minimum atomic E-state index is -0.608. The lowest BCUT2D eigenvalue weighted by molar-refractivity contribution is 0.102. The Morgan fingerprint density at radius 1 is 1.06 bits per heavy atom. The second kappa shape index (κ2) is 10.3. The summed E-state index contributed by atoms with van der Waals surface area (Å²) in [5.74, 6) is -0.248. The number of nitrogens with zero attached hydrogens (tertiary/aromatic N) is 1. The molecule has 3 aromatic rings. The molecule has 0 radical (unpaired) electrons. The zero-order valence-electron chi connectivity index (χ0n) is 18.6. The number of methoxy groups -OCH3 is 1. The third kappa shape index (κ3) is 5.23. The quantitative estimate of drug-likeness (QED) is 0.491. The van der Waals surface area contributed by atoms with Crippen LogP contribution in [0.5, 0.6) is 0 Å². The Morgan fingerprint density at radius 2 is 1.82 bits per heavy atom. The highest BCUT2D eigenvalue weighted by atomic mass is 16.5. The monoisotopic (exact) mass is 448 g/mol. The van der Waals surface area contributed by atoms with Gasteiger partial charge in [-0.05, 0) is 54.5 Å². The lowest BCUT2D eigenvalue weighted by Gasteiger charge is -2.19. The molecule has 0 saturated heterocycles. The molecule has 3 N–H and O–H groups in total. The van der Waals surface area contributed by atoms with E-state index in [0.717, 1.165) is 31.2 Å². The van der Waals surface area contributed by atoms with E-state index in [1.165, 1.54) is 22.8 Å². The van der Waals surface area contributed by atoms with Gasteiger partial charge in [-0.25, -0.2) is 4.79 Å². The van der Waals surface area contributed by atoms with Gasteiger partial charge in [-0.1, -0.05) is 36.4 Å². The predicted molar refractivity (Wildman–Crippen MR) is 128 cm³/mol. The van der Waals surface area contributed by atoms with Gasteiger partial charge in [0.15, 0.2) is 0 Å². The van der Waals surface area contributed by atoms with Gasteiger partial charge in [-0.3, -0.25) is 19.1 Å². The van der Waals surface area contributed by atoms with Crippen LogP contribution in [0.4, 0.5) is 11.5 Å². The van der Waals surface area contributed by atoms with Crippen LogP contribution in [0.1, 0.15) is 39.9 Å². The highest BCUT2D eigenvalue weighted by Crippen LogP contribution is 2.23. The van der Waals surface area contributed by atoms with Crippen LogP contribution in [-0.4, -0.2) is 29.2 Å². The van der Waals surface area contributed by atoms with Crippen molar-refractivity contribution < 1.29 is 9.53 Å². The van der Waals surface area contributed by atoms with E-state index in [0.29, 0.717) is 12.1 Å². The van der Waals surface area contributed by atoms with Crippen molar-refractivity contribution in [3.63, 3.8) is 0 Å². The molecule has 0 fully saturated rings. The van der Waals surface area contributed by atoms with Crippen LogP contribution in [0.25, 0.3) is 0 Å². The summed E-state index contributed by atoms with van der Waals surface area (Å²) >= 11 is 0. The van der Waals surface area contributed by atoms with Gasteiger partial charge in [0, 0.05) is 19.2 Å². The van der Waals surface area contributed by atoms with Gasteiger partial charge in [0.05, 0.1) is 13.2 Å². The summed E-state index contributed by atoms with van der Waals surface area (Å²) in [4.78, 5) is 40.8. The van der Waals surface area contributed by atoms with Gasteiger partial charge in [0.25, 0.3) is 11.5 Å². The number of H-pyrrole nitrogens is 1. The van der Waals surface area contributed by atoms with E-state index < -0.39 is 11.2 Å². The normalized spacial score (nSPS) is 12.8.